The highest BCUT2D eigenvalue weighted by atomic mass is 32.2. The molecule has 1 aliphatic rings. The summed E-state index contributed by atoms with van der Waals surface area (Å²) in [6, 6.07) is 16.0. The highest BCUT2D eigenvalue weighted by molar-refractivity contribution is 8.26. The quantitative estimate of drug-likeness (QED) is 0.160. The number of thioether (sulfide) groups is 1. The van der Waals surface area contributed by atoms with Crippen LogP contribution < -0.4 is 4.74 Å². The number of rotatable bonds is 10. The van der Waals surface area contributed by atoms with Crippen LogP contribution in [0.5, 0.6) is 5.75 Å². The Bertz CT molecular complexity index is 1260. The molecule has 188 valence electrons. The zero-order valence-electron chi connectivity index (χ0n) is 21.4. The number of benzene rings is 2. The van der Waals surface area contributed by atoms with E-state index in [-0.39, 0.29) is 5.91 Å². The Morgan fingerprint density at radius 2 is 1.89 bits per heavy atom. The van der Waals surface area contributed by atoms with Gasteiger partial charge in [0.1, 0.15) is 15.8 Å². The van der Waals surface area contributed by atoms with Crippen LogP contribution in [0.3, 0.4) is 0 Å². The summed E-state index contributed by atoms with van der Waals surface area (Å²) >= 11 is 6.92. The minimum Gasteiger partial charge on any atom is -0.493 e. The number of carbonyl (C=O) groups excluding carboxylic acids is 1. The van der Waals surface area contributed by atoms with Crippen molar-refractivity contribution in [1.29, 1.82) is 0 Å². The first-order chi connectivity index (χ1) is 17.4. The Kier molecular flexibility index (Phi) is 8.64. The van der Waals surface area contributed by atoms with Crippen molar-refractivity contribution in [1.82, 2.24) is 14.7 Å². The van der Waals surface area contributed by atoms with E-state index in [0.29, 0.717) is 28.3 Å². The minimum atomic E-state index is -0.0229. The average molecular weight is 520 g/mol. The van der Waals surface area contributed by atoms with Crippen LogP contribution >= 0.6 is 24.0 Å². The molecule has 1 aliphatic heterocycles. The molecular weight excluding hydrogens is 486 g/mol. The van der Waals surface area contributed by atoms with Crippen LogP contribution in [-0.4, -0.2) is 38.1 Å². The van der Waals surface area contributed by atoms with Gasteiger partial charge in [0, 0.05) is 29.4 Å². The fourth-order valence-electron chi connectivity index (χ4n) is 4.05. The fraction of sp³-hybridized carbons (Fsp3) is 0.345. The molecule has 3 aromatic rings. The van der Waals surface area contributed by atoms with E-state index in [1.165, 1.54) is 11.8 Å². The molecule has 4 rings (SSSR count). The van der Waals surface area contributed by atoms with Crippen LogP contribution in [-0.2, 0) is 4.79 Å². The predicted octanol–water partition coefficient (Wildman–Crippen LogP) is 7.27. The summed E-state index contributed by atoms with van der Waals surface area (Å²) < 4.78 is 8.57. The van der Waals surface area contributed by atoms with Crippen LogP contribution in [0.2, 0.25) is 0 Å². The molecule has 2 aromatic carbocycles. The molecule has 7 heteroatoms. The van der Waals surface area contributed by atoms with Crippen LogP contribution in [0, 0.1) is 12.8 Å². The number of hydrogen-bond donors (Lipinski definition) is 0. The lowest BCUT2D eigenvalue weighted by Crippen LogP contribution is -2.28. The minimum absolute atomic E-state index is 0.0229. The predicted molar refractivity (Wildman–Crippen MR) is 153 cm³/mol. The van der Waals surface area contributed by atoms with Crippen LogP contribution in [0.15, 0.2) is 59.6 Å². The second kappa shape index (κ2) is 11.9. The SMILES string of the molecule is CCCCCN1C(=O)C(=Cc2cn(-c3ccccc3)nc2-c2cccc(OCC(C)C)c2C)SC1=S. The Hall–Kier alpha value is -2.90. The molecule has 1 amide bonds. The van der Waals surface area contributed by atoms with Crippen LogP contribution in [0.4, 0.5) is 0 Å². The molecule has 5 nitrogen and oxygen atoms in total. The maximum Gasteiger partial charge on any atom is 0.266 e. The van der Waals surface area contributed by atoms with Gasteiger partial charge in [-0.25, -0.2) is 4.68 Å². The monoisotopic (exact) mass is 519 g/mol. The first-order valence-electron chi connectivity index (χ1n) is 12.5. The first kappa shape index (κ1) is 26.2. The smallest absolute Gasteiger partial charge is 0.266 e. The summed E-state index contributed by atoms with van der Waals surface area (Å²) in [5.41, 5.74) is 4.64. The number of carbonyl (C=O) groups is 1. The van der Waals surface area contributed by atoms with Crippen molar-refractivity contribution in [3.05, 3.63) is 70.8 Å². The van der Waals surface area contributed by atoms with Gasteiger partial charge >= 0.3 is 0 Å². The van der Waals surface area contributed by atoms with Crippen molar-refractivity contribution in [2.75, 3.05) is 13.2 Å². The van der Waals surface area contributed by atoms with Crippen LogP contribution in [0.25, 0.3) is 23.0 Å². The lowest BCUT2D eigenvalue weighted by atomic mass is 10.0. The van der Waals surface area contributed by atoms with Crippen molar-refractivity contribution in [3.63, 3.8) is 0 Å². The third-order valence-electron chi connectivity index (χ3n) is 6.02. The molecule has 0 radical (unpaired) electrons. The van der Waals surface area contributed by atoms with Gasteiger partial charge in [-0.2, -0.15) is 5.10 Å². The lowest BCUT2D eigenvalue weighted by Gasteiger charge is -2.14. The van der Waals surface area contributed by atoms with Gasteiger partial charge in [0.05, 0.1) is 17.2 Å². The number of para-hydroxylation sites is 1. The van der Waals surface area contributed by atoms with E-state index in [1.807, 2.05) is 59.4 Å². The topological polar surface area (TPSA) is 47.4 Å². The Morgan fingerprint density at radius 1 is 1.11 bits per heavy atom. The maximum atomic E-state index is 13.2. The molecule has 0 spiro atoms. The van der Waals surface area contributed by atoms with E-state index in [4.69, 9.17) is 22.1 Å². The summed E-state index contributed by atoms with van der Waals surface area (Å²) in [5.74, 6) is 1.26. The molecule has 0 bridgehead atoms. The van der Waals surface area contributed by atoms with Crippen molar-refractivity contribution in [3.8, 4) is 22.7 Å². The van der Waals surface area contributed by atoms with Crippen molar-refractivity contribution in [2.45, 2.75) is 47.0 Å². The van der Waals surface area contributed by atoms with Gasteiger partial charge in [-0.3, -0.25) is 9.69 Å². The normalized spacial score (nSPS) is 14.9. The lowest BCUT2D eigenvalue weighted by molar-refractivity contribution is -0.122. The Morgan fingerprint density at radius 3 is 2.61 bits per heavy atom. The number of amides is 1. The zero-order chi connectivity index (χ0) is 25.7. The molecule has 1 saturated heterocycles. The van der Waals surface area contributed by atoms with E-state index < -0.39 is 0 Å². The number of unbranched alkanes of at least 4 members (excludes halogenated alkanes) is 2. The summed E-state index contributed by atoms with van der Waals surface area (Å²) in [4.78, 5) is 15.6. The first-order valence-corrected chi connectivity index (χ1v) is 13.7. The van der Waals surface area contributed by atoms with Gasteiger partial charge in [0.15, 0.2) is 0 Å². The van der Waals surface area contributed by atoms with E-state index in [0.717, 1.165) is 53.1 Å². The number of hydrogen-bond acceptors (Lipinski definition) is 5. The molecule has 0 atom stereocenters. The average Bonchev–Trinajstić information content (AvgIpc) is 3.40. The van der Waals surface area contributed by atoms with Crippen molar-refractivity contribution >= 4 is 40.3 Å². The molecule has 0 aliphatic carbocycles. The van der Waals surface area contributed by atoms with E-state index in [1.54, 1.807) is 4.90 Å². The van der Waals surface area contributed by atoms with Gasteiger partial charge in [-0.05, 0) is 43.5 Å². The highest BCUT2D eigenvalue weighted by Crippen LogP contribution is 2.37. The summed E-state index contributed by atoms with van der Waals surface area (Å²) in [5, 5.41) is 4.96. The number of thiocarbonyl (C=S) groups is 1. The van der Waals surface area contributed by atoms with Crippen molar-refractivity contribution < 1.29 is 9.53 Å². The largest absolute Gasteiger partial charge is 0.493 e. The molecule has 36 heavy (non-hydrogen) atoms. The molecule has 0 saturated carbocycles. The Labute approximate surface area is 223 Å². The van der Waals surface area contributed by atoms with Gasteiger partial charge in [0.25, 0.3) is 5.91 Å². The van der Waals surface area contributed by atoms with E-state index in [9.17, 15) is 4.79 Å². The Balaban J connectivity index is 1.75. The van der Waals surface area contributed by atoms with Crippen molar-refractivity contribution in [2.24, 2.45) is 5.92 Å². The van der Waals surface area contributed by atoms with Gasteiger partial charge in [0.2, 0.25) is 0 Å². The summed E-state index contributed by atoms with van der Waals surface area (Å²) in [7, 11) is 0. The molecule has 0 unspecified atom stereocenters. The molecule has 1 fully saturated rings. The van der Waals surface area contributed by atoms with Crippen LogP contribution in [0.1, 0.15) is 51.2 Å². The van der Waals surface area contributed by atoms with Gasteiger partial charge < -0.3 is 4.74 Å². The third kappa shape index (κ3) is 5.90. The zero-order valence-corrected chi connectivity index (χ0v) is 23.0. The third-order valence-corrected chi connectivity index (χ3v) is 7.40. The van der Waals surface area contributed by atoms with E-state index >= 15 is 0 Å². The molecule has 2 heterocycles. The molecule has 0 N–H and O–H groups in total. The maximum absolute atomic E-state index is 13.2. The summed E-state index contributed by atoms with van der Waals surface area (Å²) in [6.45, 7) is 9.80. The fourth-order valence-corrected chi connectivity index (χ4v) is 5.35. The number of nitrogens with zero attached hydrogens (tertiary/aromatic N) is 3. The standard InChI is InChI=1S/C29H33N3O2S2/c1-5-6-10-16-31-28(33)26(36-29(31)35)17-22-18-32(23-12-8-7-9-13-23)30-27(22)24-14-11-15-25(21(24)4)34-19-20(2)3/h7-9,11-15,17-18,20H,5-6,10,16,19H2,1-4H3. The highest BCUT2D eigenvalue weighted by Gasteiger charge is 2.32. The van der Waals surface area contributed by atoms with Gasteiger partial charge in [-0.15, -0.1) is 0 Å². The second-order valence-corrected chi connectivity index (χ2v) is 11.1. The van der Waals surface area contributed by atoms with Gasteiger partial charge in [-0.1, -0.05) is 87.9 Å². The molecular formula is C29H33N3O2S2. The summed E-state index contributed by atoms with van der Waals surface area (Å²) in [6.07, 6.45) is 7.05. The number of ether oxygens (including phenoxy) is 1. The molecule has 1 aromatic heterocycles. The van der Waals surface area contributed by atoms with E-state index in [2.05, 4.69) is 33.8 Å². The number of aromatic nitrogens is 2. The second-order valence-electron chi connectivity index (χ2n) is 9.39.